The fraction of sp³-hybridized carbons (Fsp3) is 0. The summed E-state index contributed by atoms with van der Waals surface area (Å²) >= 11 is 0. The van der Waals surface area contributed by atoms with Gasteiger partial charge in [-0.25, -0.2) is 0 Å². The summed E-state index contributed by atoms with van der Waals surface area (Å²) in [4.78, 5) is 3.27. The third-order valence-electron chi connectivity index (χ3n) is 3.04. The summed E-state index contributed by atoms with van der Waals surface area (Å²) in [6, 6.07) is 0. The van der Waals surface area contributed by atoms with Crippen molar-refractivity contribution in [1.29, 1.82) is 0 Å². The minimum Gasteiger partial charge on any atom is -0.355 e. The lowest BCUT2D eigenvalue weighted by atomic mass is 10.1. The first-order valence-corrected chi connectivity index (χ1v) is 6.59. The molecule has 0 atom stereocenters. The number of aromatic nitrogens is 1. The molecular weight excluding hydrogens is 254 g/mol. The lowest BCUT2D eigenvalue weighted by Crippen LogP contribution is -2.40. The fourth-order valence-corrected chi connectivity index (χ4v) is 2.15. The zero-order valence-corrected chi connectivity index (χ0v) is 12.4. The monoisotopic (exact) mass is 275 g/mol. The van der Waals surface area contributed by atoms with Crippen LogP contribution in [-0.2, 0) is 0 Å². The van der Waals surface area contributed by atoms with Crippen LogP contribution in [0.5, 0.6) is 0 Å². The molecule has 0 radical (unpaired) electrons. The van der Waals surface area contributed by atoms with Crippen LogP contribution in [0, 0.1) is 0 Å². The standard InChI is InChI=1S/C20H21N/c1-7-12-14-17(11-5)19-15(6)21-18(13-8-2)20(19)16(9-3)10-4/h7-14,21H,1-6H2/b14-12-,18-13+,19-17+. The van der Waals surface area contributed by atoms with E-state index in [0.29, 0.717) is 0 Å². The summed E-state index contributed by atoms with van der Waals surface area (Å²) in [5.41, 5.74) is 1.88. The zero-order chi connectivity index (χ0) is 15.8. The average molecular weight is 275 g/mol. The second-order valence-electron chi connectivity index (χ2n) is 4.29. The highest BCUT2D eigenvalue weighted by Gasteiger charge is 2.01. The molecule has 0 spiro atoms. The summed E-state index contributed by atoms with van der Waals surface area (Å²) < 4.78 is 0. The summed E-state index contributed by atoms with van der Waals surface area (Å²) in [5, 5.41) is 3.70. The van der Waals surface area contributed by atoms with Gasteiger partial charge in [0.15, 0.2) is 0 Å². The lowest BCUT2D eigenvalue weighted by Gasteiger charge is -1.95. The van der Waals surface area contributed by atoms with E-state index in [2.05, 4.69) is 44.5 Å². The maximum atomic E-state index is 4.09. The van der Waals surface area contributed by atoms with Crippen LogP contribution in [-0.4, -0.2) is 4.98 Å². The smallest absolute Gasteiger partial charge is 0.0470 e. The van der Waals surface area contributed by atoms with Crippen molar-refractivity contribution in [3.8, 4) is 0 Å². The highest BCUT2D eigenvalue weighted by Crippen LogP contribution is 1.96. The molecule has 0 unspecified atom stereocenters. The average Bonchev–Trinajstić information content (AvgIpc) is 2.79. The summed E-state index contributed by atoms with van der Waals surface area (Å²) in [5.74, 6) is 0. The van der Waals surface area contributed by atoms with Crippen LogP contribution >= 0.6 is 0 Å². The van der Waals surface area contributed by atoms with Crippen molar-refractivity contribution < 1.29 is 0 Å². The first kappa shape index (κ1) is 16.3. The van der Waals surface area contributed by atoms with E-state index in [1.165, 1.54) is 0 Å². The number of aromatic amines is 1. The Bertz CT molecular complexity index is 829. The molecule has 1 heterocycles. The summed E-state index contributed by atoms with van der Waals surface area (Å²) in [6.45, 7) is 23.1. The molecule has 0 saturated heterocycles. The molecule has 0 fully saturated rings. The van der Waals surface area contributed by atoms with E-state index in [9.17, 15) is 0 Å². The van der Waals surface area contributed by atoms with E-state index >= 15 is 0 Å². The van der Waals surface area contributed by atoms with Gasteiger partial charge in [-0.2, -0.15) is 0 Å². The lowest BCUT2D eigenvalue weighted by molar-refractivity contribution is 1.26. The van der Waals surface area contributed by atoms with E-state index in [0.717, 1.165) is 32.3 Å². The van der Waals surface area contributed by atoms with E-state index < -0.39 is 0 Å². The molecular formula is C20H21N. The van der Waals surface area contributed by atoms with Crippen LogP contribution in [0.3, 0.4) is 0 Å². The molecule has 0 aromatic carbocycles. The van der Waals surface area contributed by atoms with Gasteiger partial charge in [0.1, 0.15) is 0 Å². The maximum Gasteiger partial charge on any atom is 0.0470 e. The van der Waals surface area contributed by atoms with Crippen molar-refractivity contribution in [2.24, 2.45) is 0 Å². The first-order chi connectivity index (χ1) is 10.1. The molecule has 1 rings (SSSR count). The summed E-state index contributed by atoms with van der Waals surface area (Å²) in [7, 11) is 0. The van der Waals surface area contributed by atoms with E-state index in [4.69, 9.17) is 0 Å². The number of rotatable bonds is 6. The predicted octanol–water partition coefficient (Wildman–Crippen LogP) is 1.99. The van der Waals surface area contributed by atoms with Gasteiger partial charge in [-0.1, -0.05) is 82.0 Å². The second kappa shape index (κ2) is 7.71. The minimum atomic E-state index is 0.808. The van der Waals surface area contributed by atoms with Gasteiger partial charge in [0, 0.05) is 21.1 Å². The first-order valence-electron chi connectivity index (χ1n) is 6.59. The number of H-pyrrole nitrogens is 1. The predicted molar refractivity (Wildman–Crippen MR) is 96.2 cm³/mol. The van der Waals surface area contributed by atoms with Gasteiger partial charge < -0.3 is 4.98 Å². The van der Waals surface area contributed by atoms with Gasteiger partial charge >= 0.3 is 0 Å². The van der Waals surface area contributed by atoms with Crippen LogP contribution in [0.15, 0.2) is 75.4 Å². The number of nitrogens with one attached hydrogen (secondary N) is 1. The molecule has 0 saturated carbocycles. The van der Waals surface area contributed by atoms with E-state index in [-0.39, 0.29) is 0 Å². The Morgan fingerprint density at radius 3 is 1.90 bits per heavy atom. The van der Waals surface area contributed by atoms with Gasteiger partial charge in [0.25, 0.3) is 0 Å². The second-order valence-corrected chi connectivity index (χ2v) is 4.29. The van der Waals surface area contributed by atoms with Crippen LogP contribution in [0.1, 0.15) is 0 Å². The molecule has 0 aliphatic rings. The SMILES string of the molecule is C=C/C=C\C(C=C)=c1/c(=C)[nH]/c(=C/C=C)c1=C(C=C)C=C. The normalized spacial score (nSPS) is 12.9. The molecule has 0 amide bonds. The number of hydrogen-bond donors (Lipinski definition) is 1. The van der Waals surface area contributed by atoms with E-state index in [1.54, 1.807) is 30.4 Å². The molecule has 0 aliphatic carbocycles. The van der Waals surface area contributed by atoms with Crippen molar-refractivity contribution in [3.63, 3.8) is 0 Å². The molecule has 1 nitrogen and oxygen atoms in total. The van der Waals surface area contributed by atoms with Gasteiger partial charge in [-0.3, -0.25) is 0 Å². The molecule has 1 N–H and O–H groups in total. The Hall–Kier alpha value is -2.80. The Balaban J connectivity index is 4.30. The van der Waals surface area contributed by atoms with Gasteiger partial charge in [-0.05, 0) is 17.2 Å². The van der Waals surface area contributed by atoms with Crippen molar-refractivity contribution in [3.05, 3.63) is 96.6 Å². The third kappa shape index (κ3) is 3.40. The topological polar surface area (TPSA) is 15.8 Å². The molecule has 1 heteroatoms. The van der Waals surface area contributed by atoms with Gasteiger partial charge in [0.2, 0.25) is 0 Å². The Kier molecular flexibility index (Phi) is 5.97. The van der Waals surface area contributed by atoms with Crippen molar-refractivity contribution >= 4 is 23.8 Å². The van der Waals surface area contributed by atoms with Crippen LogP contribution < -0.4 is 21.1 Å². The molecule has 21 heavy (non-hydrogen) atoms. The molecule has 0 aliphatic heterocycles. The largest absolute Gasteiger partial charge is 0.355 e. The van der Waals surface area contributed by atoms with Crippen molar-refractivity contribution in [2.45, 2.75) is 0 Å². The Labute approximate surface area is 126 Å². The fourth-order valence-electron chi connectivity index (χ4n) is 2.15. The number of allylic oxidation sites excluding steroid dienone is 7. The molecule has 1 aromatic rings. The minimum absolute atomic E-state index is 0.808. The van der Waals surface area contributed by atoms with Crippen LogP contribution in [0.25, 0.3) is 23.8 Å². The van der Waals surface area contributed by atoms with Crippen LogP contribution in [0.4, 0.5) is 0 Å². The molecule has 0 bridgehead atoms. The summed E-state index contributed by atoms with van der Waals surface area (Å²) in [6.07, 6.45) is 14.5. The van der Waals surface area contributed by atoms with Crippen molar-refractivity contribution in [2.75, 3.05) is 0 Å². The Morgan fingerprint density at radius 2 is 1.43 bits per heavy atom. The highest BCUT2D eigenvalue weighted by molar-refractivity contribution is 5.71. The molecule has 1 aromatic heterocycles. The van der Waals surface area contributed by atoms with Gasteiger partial charge in [-0.15, -0.1) is 0 Å². The third-order valence-corrected chi connectivity index (χ3v) is 3.04. The zero-order valence-electron chi connectivity index (χ0n) is 12.4. The quantitative estimate of drug-likeness (QED) is 0.764. The number of hydrogen-bond acceptors (Lipinski definition) is 0. The van der Waals surface area contributed by atoms with Crippen LogP contribution in [0.2, 0.25) is 0 Å². The van der Waals surface area contributed by atoms with Crippen molar-refractivity contribution in [1.82, 2.24) is 4.98 Å². The van der Waals surface area contributed by atoms with E-state index in [1.807, 2.05) is 18.2 Å². The highest BCUT2D eigenvalue weighted by atomic mass is 14.7. The maximum absolute atomic E-state index is 4.09. The van der Waals surface area contributed by atoms with Gasteiger partial charge in [0.05, 0.1) is 0 Å². The Morgan fingerprint density at radius 1 is 0.810 bits per heavy atom. The molecule has 106 valence electrons.